The van der Waals surface area contributed by atoms with Crippen LogP contribution in [0.2, 0.25) is 0 Å². The lowest BCUT2D eigenvalue weighted by Gasteiger charge is -2.12. The zero-order valence-electron chi connectivity index (χ0n) is 7.05. The number of amides is 1. The van der Waals surface area contributed by atoms with Crippen molar-refractivity contribution in [3.05, 3.63) is 0 Å². The first-order valence-electron chi connectivity index (χ1n) is 4.19. The van der Waals surface area contributed by atoms with E-state index < -0.39 is 0 Å². The zero-order chi connectivity index (χ0) is 8.27. The van der Waals surface area contributed by atoms with Crippen LogP contribution >= 0.6 is 0 Å². The van der Waals surface area contributed by atoms with E-state index in [1.54, 1.807) is 0 Å². The molecule has 0 aromatic heterocycles. The first-order valence-corrected chi connectivity index (χ1v) is 4.19. The average molecular weight is 156 g/mol. The van der Waals surface area contributed by atoms with Gasteiger partial charge in [0.2, 0.25) is 5.91 Å². The number of primary amides is 1. The second-order valence-corrected chi connectivity index (χ2v) is 3.41. The van der Waals surface area contributed by atoms with Crippen LogP contribution in [0.5, 0.6) is 0 Å². The largest absolute Gasteiger partial charge is 0.370 e. The van der Waals surface area contributed by atoms with Gasteiger partial charge in [0.1, 0.15) is 0 Å². The molecular formula is C8H16N2O. The molecule has 1 aliphatic rings. The fourth-order valence-corrected chi connectivity index (χ4v) is 1.50. The van der Waals surface area contributed by atoms with Crippen LogP contribution in [0.25, 0.3) is 0 Å². The Balaban J connectivity index is 2.13. The first kappa shape index (κ1) is 8.53. The van der Waals surface area contributed by atoms with Crippen molar-refractivity contribution in [3.8, 4) is 0 Å². The van der Waals surface area contributed by atoms with Crippen LogP contribution in [-0.2, 0) is 4.79 Å². The van der Waals surface area contributed by atoms with E-state index in [1.165, 1.54) is 6.42 Å². The number of hydrogen-bond acceptors (Lipinski definition) is 2. The van der Waals surface area contributed by atoms with Gasteiger partial charge >= 0.3 is 0 Å². The van der Waals surface area contributed by atoms with Crippen LogP contribution in [-0.4, -0.2) is 30.4 Å². The quantitative estimate of drug-likeness (QED) is 0.634. The molecule has 11 heavy (non-hydrogen) atoms. The van der Waals surface area contributed by atoms with Crippen molar-refractivity contribution < 1.29 is 4.79 Å². The molecule has 1 atom stereocenters. The van der Waals surface area contributed by atoms with Gasteiger partial charge in [0.25, 0.3) is 0 Å². The van der Waals surface area contributed by atoms with E-state index in [0.717, 1.165) is 25.6 Å². The molecule has 2 N–H and O–H groups in total. The lowest BCUT2D eigenvalue weighted by atomic mass is 10.2. The molecule has 0 aromatic rings. The second kappa shape index (κ2) is 3.72. The summed E-state index contributed by atoms with van der Waals surface area (Å²) in [5, 5.41) is 0. The monoisotopic (exact) mass is 156 g/mol. The number of nitrogens with zero attached hydrogens (tertiary/aromatic N) is 1. The molecule has 0 radical (unpaired) electrons. The molecule has 3 nitrogen and oxygen atoms in total. The Labute approximate surface area is 67.5 Å². The normalized spacial score (nSPS) is 25.7. The fraction of sp³-hybridized carbons (Fsp3) is 0.875. The molecule has 3 heteroatoms. The molecule has 0 saturated carbocycles. The summed E-state index contributed by atoms with van der Waals surface area (Å²) < 4.78 is 0. The SMILES string of the molecule is CC1CCN(CCC(N)=O)C1. The summed E-state index contributed by atoms with van der Waals surface area (Å²) in [5.41, 5.74) is 5.04. The van der Waals surface area contributed by atoms with E-state index in [2.05, 4.69) is 11.8 Å². The third-order valence-corrected chi connectivity index (χ3v) is 2.18. The number of nitrogens with two attached hydrogens (primary N) is 1. The summed E-state index contributed by atoms with van der Waals surface area (Å²) in [5.74, 6) is 0.604. The molecule has 0 aromatic carbocycles. The van der Waals surface area contributed by atoms with Crippen molar-refractivity contribution in [1.82, 2.24) is 4.90 Å². The van der Waals surface area contributed by atoms with Gasteiger partial charge in [-0.1, -0.05) is 6.92 Å². The van der Waals surface area contributed by atoms with Crippen molar-refractivity contribution in [2.24, 2.45) is 11.7 Å². The van der Waals surface area contributed by atoms with Gasteiger partial charge in [0.05, 0.1) is 0 Å². The number of carbonyl (C=O) groups is 1. The maximum Gasteiger partial charge on any atom is 0.218 e. The highest BCUT2D eigenvalue weighted by molar-refractivity contribution is 5.73. The molecule has 0 spiro atoms. The Morgan fingerprint density at radius 2 is 2.45 bits per heavy atom. The van der Waals surface area contributed by atoms with Gasteiger partial charge in [0.15, 0.2) is 0 Å². The Morgan fingerprint density at radius 1 is 1.73 bits per heavy atom. The van der Waals surface area contributed by atoms with E-state index in [4.69, 9.17) is 5.73 Å². The predicted octanol–water partition coefficient (Wildman–Crippen LogP) is 0.204. The summed E-state index contributed by atoms with van der Waals surface area (Å²) in [7, 11) is 0. The van der Waals surface area contributed by atoms with Crippen molar-refractivity contribution in [2.75, 3.05) is 19.6 Å². The lowest BCUT2D eigenvalue weighted by Crippen LogP contribution is -2.25. The van der Waals surface area contributed by atoms with E-state index in [9.17, 15) is 4.79 Å². The molecule has 1 heterocycles. The van der Waals surface area contributed by atoms with Crippen molar-refractivity contribution in [2.45, 2.75) is 19.8 Å². The topological polar surface area (TPSA) is 46.3 Å². The molecule has 1 unspecified atom stereocenters. The Morgan fingerprint density at radius 3 is 2.91 bits per heavy atom. The van der Waals surface area contributed by atoms with E-state index in [0.29, 0.717) is 6.42 Å². The van der Waals surface area contributed by atoms with Crippen LogP contribution in [0, 0.1) is 5.92 Å². The molecule has 1 amide bonds. The Hall–Kier alpha value is -0.570. The summed E-state index contributed by atoms with van der Waals surface area (Å²) in [6, 6.07) is 0. The zero-order valence-corrected chi connectivity index (χ0v) is 7.05. The number of rotatable bonds is 3. The second-order valence-electron chi connectivity index (χ2n) is 3.41. The van der Waals surface area contributed by atoms with Gasteiger partial charge in [0, 0.05) is 19.5 Å². The van der Waals surface area contributed by atoms with Crippen molar-refractivity contribution in [1.29, 1.82) is 0 Å². The summed E-state index contributed by atoms with van der Waals surface area (Å²) >= 11 is 0. The van der Waals surface area contributed by atoms with E-state index in [-0.39, 0.29) is 5.91 Å². The van der Waals surface area contributed by atoms with Crippen LogP contribution in [0.3, 0.4) is 0 Å². The first-order chi connectivity index (χ1) is 5.18. The number of likely N-dealkylation sites (tertiary alicyclic amines) is 1. The average Bonchev–Trinajstić information content (AvgIpc) is 2.31. The van der Waals surface area contributed by atoms with E-state index in [1.807, 2.05) is 0 Å². The van der Waals surface area contributed by atoms with Gasteiger partial charge in [-0.15, -0.1) is 0 Å². The molecule has 1 rings (SSSR count). The minimum absolute atomic E-state index is 0.190. The highest BCUT2D eigenvalue weighted by Crippen LogP contribution is 2.14. The van der Waals surface area contributed by atoms with Gasteiger partial charge in [-0.3, -0.25) is 4.79 Å². The standard InChI is InChI=1S/C8H16N2O/c1-7-2-4-10(6-7)5-3-8(9)11/h7H,2-6H2,1H3,(H2,9,11). The lowest BCUT2D eigenvalue weighted by molar-refractivity contribution is -0.118. The molecule has 0 aliphatic carbocycles. The van der Waals surface area contributed by atoms with Gasteiger partial charge in [-0.2, -0.15) is 0 Å². The number of carbonyl (C=O) groups excluding carboxylic acids is 1. The molecule has 64 valence electrons. The summed E-state index contributed by atoms with van der Waals surface area (Å²) in [4.78, 5) is 12.7. The summed E-state index contributed by atoms with van der Waals surface area (Å²) in [6.07, 6.45) is 1.77. The number of hydrogen-bond donors (Lipinski definition) is 1. The maximum atomic E-state index is 10.4. The third-order valence-electron chi connectivity index (χ3n) is 2.18. The smallest absolute Gasteiger partial charge is 0.218 e. The van der Waals surface area contributed by atoms with Crippen molar-refractivity contribution >= 4 is 5.91 Å². The van der Waals surface area contributed by atoms with Gasteiger partial charge < -0.3 is 10.6 Å². The minimum atomic E-state index is -0.190. The van der Waals surface area contributed by atoms with Gasteiger partial charge in [-0.05, 0) is 18.9 Å². The third kappa shape index (κ3) is 2.89. The highest BCUT2D eigenvalue weighted by Gasteiger charge is 2.17. The molecular weight excluding hydrogens is 140 g/mol. The predicted molar refractivity (Wildman–Crippen MR) is 44.0 cm³/mol. The molecule has 1 aliphatic heterocycles. The maximum absolute atomic E-state index is 10.4. The molecule has 1 fully saturated rings. The van der Waals surface area contributed by atoms with Gasteiger partial charge in [-0.25, -0.2) is 0 Å². The van der Waals surface area contributed by atoms with Crippen LogP contribution in [0.4, 0.5) is 0 Å². The summed E-state index contributed by atoms with van der Waals surface area (Å²) in [6.45, 7) is 5.35. The van der Waals surface area contributed by atoms with Crippen molar-refractivity contribution in [3.63, 3.8) is 0 Å². The Kier molecular flexibility index (Phi) is 2.88. The Bertz CT molecular complexity index is 147. The molecule has 1 saturated heterocycles. The van der Waals surface area contributed by atoms with Crippen LogP contribution < -0.4 is 5.73 Å². The van der Waals surface area contributed by atoms with E-state index >= 15 is 0 Å². The van der Waals surface area contributed by atoms with Crippen LogP contribution in [0.15, 0.2) is 0 Å². The van der Waals surface area contributed by atoms with Crippen LogP contribution in [0.1, 0.15) is 19.8 Å². The minimum Gasteiger partial charge on any atom is -0.370 e. The fourth-order valence-electron chi connectivity index (χ4n) is 1.50. The highest BCUT2D eigenvalue weighted by atomic mass is 16.1. The molecule has 0 bridgehead atoms.